The van der Waals surface area contributed by atoms with Gasteiger partial charge in [0.05, 0.1) is 10.6 Å². The molecular formula is C26H26F2N2O3S. The molecule has 5 nitrogen and oxygen atoms in total. The van der Waals surface area contributed by atoms with Crippen molar-refractivity contribution in [3.8, 4) is 16.3 Å². The fourth-order valence-corrected chi connectivity index (χ4v) is 5.02. The number of benzene rings is 2. The Morgan fingerprint density at radius 1 is 1.21 bits per heavy atom. The highest BCUT2D eigenvalue weighted by Gasteiger charge is 2.24. The topological polar surface area (TPSA) is 64.4 Å². The summed E-state index contributed by atoms with van der Waals surface area (Å²) in [5.41, 5.74) is 2.56. The number of carboxylic acids is 1. The second-order valence-electron chi connectivity index (χ2n) is 8.36. The number of aliphatic carboxylic acids is 1. The molecule has 2 aromatic heterocycles. The number of carboxylic acid groups (broad SMARTS) is 1. The molecule has 8 heteroatoms. The van der Waals surface area contributed by atoms with Crippen LogP contribution in [0.5, 0.6) is 5.75 Å². The number of rotatable bonds is 9. The summed E-state index contributed by atoms with van der Waals surface area (Å²) in [5.74, 6) is -3.09. The number of thiazole rings is 1. The first kappa shape index (κ1) is 23.9. The van der Waals surface area contributed by atoms with Crippen LogP contribution in [0.25, 0.3) is 21.5 Å². The predicted octanol–water partition coefficient (Wildman–Crippen LogP) is 7.05. The summed E-state index contributed by atoms with van der Waals surface area (Å²) >= 11 is 1.51. The van der Waals surface area contributed by atoms with E-state index in [2.05, 4.69) is 6.92 Å². The first-order valence-corrected chi connectivity index (χ1v) is 11.9. The molecular weight excluding hydrogens is 458 g/mol. The summed E-state index contributed by atoms with van der Waals surface area (Å²) in [6, 6.07) is 13.7. The molecule has 4 rings (SSSR count). The summed E-state index contributed by atoms with van der Waals surface area (Å²) in [7, 11) is 0. The van der Waals surface area contributed by atoms with Crippen molar-refractivity contribution in [2.75, 3.05) is 0 Å². The number of ether oxygens (including phenoxy) is 1. The van der Waals surface area contributed by atoms with Crippen LogP contribution in [-0.2, 0) is 23.7 Å². The third-order valence-corrected chi connectivity index (χ3v) is 6.89. The zero-order valence-electron chi connectivity index (χ0n) is 19.2. The van der Waals surface area contributed by atoms with E-state index >= 15 is 0 Å². The van der Waals surface area contributed by atoms with E-state index in [-0.39, 0.29) is 18.2 Å². The van der Waals surface area contributed by atoms with Crippen molar-refractivity contribution in [2.45, 2.75) is 52.2 Å². The van der Waals surface area contributed by atoms with Crippen LogP contribution in [-0.4, -0.2) is 20.6 Å². The van der Waals surface area contributed by atoms with Crippen molar-refractivity contribution in [1.29, 1.82) is 0 Å². The molecule has 1 N–H and O–H groups in total. The van der Waals surface area contributed by atoms with E-state index in [4.69, 9.17) is 14.8 Å². The van der Waals surface area contributed by atoms with Crippen LogP contribution in [0.1, 0.15) is 49.4 Å². The number of hydrogen-bond donors (Lipinski definition) is 1. The minimum Gasteiger partial charge on any atom is -0.485 e. The SMILES string of the molecule is CCCc1nc(-c2ccc(C(C)(F)F)cc2)sc1C(C)Oc1ccc2c(ccn2CC(=O)O)c1. The van der Waals surface area contributed by atoms with Gasteiger partial charge in [0.25, 0.3) is 5.92 Å². The van der Waals surface area contributed by atoms with Gasteiger partial charge in [-0.25, -0.2) is 13.8 Å². The quantitative estimate of drug-likeness (QED) is 0.276. The van der Waals surface area contributed by atoms with Crippen molar-refractivity contribution < 1.29 is 23.4 Å². The van der Waals surface area contributed by atoms with Gasteiger partial charge in [-0.05, 0) is 37.6 Å². The number of hydrogen-bond acceptors (Lipinski definition) is 4. The van der Waals surface area contributed by atoms with Crippen molar-refractivity contribution in [3.63, 3.8) is 0 Å². The zero-order valence-corrected chi connectivity index (χ0v) is 20.0. The lowest BCUT2D eigenvalue weighted by Gasteiger charge is -2.15. The lowest BCUT2D eigenvalue weighted by molar-refractivity contribution is -0.137. The number of carbonyl (C=O) groups is 1. The molecule has 0 saturated heterocycles. The summed E-state index contributed by atoms with van der Waals surface area (Å²) < 4.78 is 35.1. The van der Waals surface area contributed by atoms with Crippen molar-refractivity contribution >= 4 is 28.2 Å². The fraction of sp³-hybridized carbons (Fsp3) is 0.308. The van der Waals surface area contributed by atoms with E-state index in [0.29, 0.717) is 5.75 Å². The lowest BCUT2D eigenvalue weighted by Crippen LogP contribution is -2.07. The molecule has 0 amide bonds. The maximum Gasteiger partial charge on any atom is 0.323 e. The molecule has 0 bridgehead atoms. The number of fused-ring (bicyclic) bond motifs is 1. The Bertz CT molecular complexity index is 1310. The Morgan fingerprint density at radius 3 is 2.59 bits per heavy atom. The summed E-state index contributed by atoms with van der Waals surface area (Å²) in [5, 5.41) is 10.7. The molecule has 0 aliphatic carbocycles. The average molecular weight is 485 g/mol. The van der Waals surface area contributed by atoms with Crippen LogP contribution >= 0.6 is 11.3 Å². The van der Waals surface area contributed by atoms with Crippen LogP contribution in [0.15, 0.2) is 54.7 Å². The first-order chi connectivity index (χ1) is 16.2. The van der Waals surface area contributed by atoms with Gasteiger partial charge in [0.15, 0.2) is 0 Å². The van der Waals surface area contributed by atoms with Gasteiger partial charge < -0.3 is 14.4 Å². The number of nitrogens with zero attached hydrogens (tertiary/aromatic N) is 2. The van der Waals surface area contributed by atoms with E-state index in [1.807, 2.05) is 31.2 Å². The van der Waals surface area contributed by atoms with Crippen LogP contribution in [0.2, 0.25) is 0 Å². The van der Waals surface area contributed by atoms with Crippen molar-refractivity contribution in [1.82, 2.24) is 9.55 Å². The van der Waals surface area contributed by atoms with Crippen LogP contribution in [0.4, 0.5) is 8.78 Å². The van der Waals surface area contributed by atoms with Gasteiger partial charge in [0.1, 0.15) is 23.4 Å². The maximum atomic E-state index is 13.6. The van der Waals surface area contributed by atoms with E-state index < -0.39 is 11.9 Å². The Morgan fingerprint density at radius 2 is 1.94 bits per heavy atom. The second-order valence-corrected chi connectivity index (χ2v) is 9.39. The van der Waals surface area contributed by atoms with Gasteiger partial charge in [0.2, 0.25) is 0 Å². The molecule has 4 aromatic rings. The van der Waals surface area contributed by atoms with Gasteiger partial charge >= 0.3 is 5.97 Å². The Kier molecular flexibility index (Phi) is 6.70. The van der Waals surface area contributed by atoms with Crippen LogP contribution < -0.4 is 4.74 Å². The maximum absolute atomic E-state index is 13.6. The molecule has 2 aromatic carbocycles. The normalized spacial score (nSPS) is 12.7. The number of alkyl halides is 2. The molecule has 0 saturated carbocycles. The highest BCUT2D eigenvalue weighted by molar-refractivity contribution is 7.15. The summed E-state index contributed by atoms with van der Waals surface area (Å²) in [6.07, 6.45) is 3.21. The minimum absolute atomic E-state index is 0.0221. The van der Waals surface area contributed by atoms with Crippen LogP contribution in [0, 0.1) is 0 Å². The molecule has 0 radical (unpaired) electrons. The molecule has 178 valence electrons. The lowest BCUT2D eigenvalue weighted by atomic mass is 10.1. The molecule has 0 spiro atoms. The van der Waals surface area contributed by atoms with Gasteiger partial charge in [-0.15, -0.1) is 11.3 Å². The van der Waals surface area contributed by atoms with Crippen molar-refractivity contribution in [3.05, 3.63) is 70.9 Å². The molecule has 0 aliphatic rings. The average Bonchev–Trinajstić information content (AvgIpc) is 3.37. The highest BCUT2D eigenvalue weighted by Crippen LogP contribution is 2.36. The zero-order chi connectivity index (χ0) is 24.5. The van der Waals surface area contributed by atoms with Crippen LogP contribution in [0.3, 0.4) is 0 Å². The summed E-state index contributed by atoms with van der Waals surface area (Å²) in [4.78, 5) is 16.8. The van der Waals surface area contributed by atoms with E-state index in [1.165, 1.54) is 23.5 Å². The van der Waals surface area contributed by atoms with E-state index in [0.717, 1.165) is 51.8 Å². The predicted molar refractivity (Wildman–Crippen MR) is 130 cm³/mol. The van der Waals surface area contributed by atoms with E-state index in [1.54, 1.807) is 22.9 Å². The molecule has 0 fully saturated rings. The van der Waals surface area contributed by atoms with Gasteiger partial charge in [0, 0.05) is 35.2 Å². The highest BCUT2D eigenvalue weighted by atomic mass is 32.1. The third kappa shape index (κ3) is 5.12. The van der Waals surface area contributed by atoms with Crippen molar-refractivity contribution in [2.24, 2.45) is 0 Å². The smallest absolute Gasteiger partial charge is 0.323 e. The number of halogens is 2. The Balaban J connectivity index is 1.58. The van der Waals surface area contributed by atoms with Gasteiger partial charge in [-0.2, -0.15) is 0 Å². The second kappa shape index (κ2) is 9.54. The number of aromatic nitrogens is 2. The largest absolute Gasteiger partial charge is 0.485 e. The van der Waals surface area contributed by atoms with Gasteiger partial charge in [-0.3, -0.25) is 4.79 Å². The minimum atomic E-state index is -2.88. The fourth-order valence-electron chi connectivity index (χ4n) is 3.92. The molecule has 1 atom stereocenters. The Labute approximate surface area is 200 Å². The van der Waals surface area contributed by atoms with E-state index in [9.17, 15) is 13.6 Å². The molecule has 0 aliphatic heterocycles. The molecule has 2 heterocycles. The molecule has 1 unspecified atom stereocenters. The first-order valence-electron chi connectivity index (χ1n) is 11.1. The monoisotopic (exact) mass is 484 g/mol. The Hall–Kier alpha value is -3.26. The molecule has 34 heavy (non-hydrogen) atoms. The van der Waals surface area contributed by atoms with Gasteiger partial charge in [-0.1, -0.05) is 37.6 Å². The standard InChI is InChI=1S/C26H26F2N2O3S/c1-4-5-21-24(34-25(29-21)17-6-8-19(9-7-17)26(3,27)28)16(2)33-20-10-11-22-18(14-20)12-13-30(22)15-23(31)32/h6-14,16H,4-5,15H2,1-3H3,(H,31,32). The number of aryl methyl sites for hydroxylation is 1. The third-order valence-electron chi connectivity index (χ3n) is 5.58. The summed E-state index contributed by atoms with van der Waals surface area (Å²) in [6.45, 7) is 4.85.